The lowest BCUT2D eigenvalue weighted by Gasteiger charge is -2.30. The first-order chi connectivity index (χ1) is 9.91. The van der Waals surface area contributed by atoms with E-state index in [1.54, 1.807) is 7.05 Å². The topological polar surface area (TPSA) is 80.0 Å². The molecule has 0 unspecified atom stereocenters. The van der Waals surface area contributed by atoms with Crippen LogP contribution in [-0.2, 0) is 16.8 Å². The van der Waals surface area contributed by atoms with Gasteiger partial charge in [0.1, 0.15) is 0 Å². The molecule has 0 aliphatic heterocycles. The third kappa shape index (κ3) is 4.03. The van der Waals surface area contributed by atoms with Crippen LogP contribution < -0.4 is 10.6 Å². The second kappa shape index (κ2) is 6.56. The Kier molecular flexibility index (Phi) is 4.98. The van der Waals surface area contributed by atoms with E-state index in [4.69, 9.17) is 4.52 Å². The van der Waals surface area contributed by atoms with Crippen molar-refractivity contribution in [2.24, 2.45) is 5.92 Å². The molecule has 1 aromatic heterocycles. The van der Waals surface area contributed by atoms with Gasteiger partial charge in [-0.05, 0) is 12.8 Å². The molecule has 0 spiro atoms. The first-order valence-corrected chi connectivity index (χ1v) is 7.70. The maximum atomic E-state index is 11.9. The second-order valence-corrected chi connectivity index (χ2v) is 6.75. The summed E-state index contributed by atoms with van der Waals surface area (Å²) in [6, 6.07) is 0.184. The van der Waals surface area contributed by atoms with Gasteiger partial charge in [0, 0.05) is 18.5 Å². The van der Waals surface area contributed by atoms with E-state index in [2.05, 4.69) is 41.5 Å². The van der Waals surface area contributed by atoms with Crippen molar-refractivity contribution in [1.29, 1.82) is 0 Å². The molecule has 0 saturated heterocycles. The van der Waals surface area contributed by atoms with Gasteiger partial charge in [-0.2, -0.15) is 4.98 Å². The Bertz CT molecular complexity index is 478. The number of carbonyl (C=O) groups is 1. The monoisotopic (exact) mass is 294 g/mol. The number of nitrogens with one attached hydrogen (secondary N) is 2. The fraction of sp³-hybridized carbons (Fsp3) is 0.800. The highest BCUT2D eigenvalue weighted by Gasteiger charge is 2.30. The quantitative estimate of drug-likeness (QED) is 0.884. The van der Waals surface area contributed by atoms with Crippen LogP contribution in [0.3, 0.4) is 0 Å². The molecule has 1 heterocycles. The summed E-state index contributed by atoms with van der Waals surface area (Å²) < 4.78 is 5.28. The van der Waals surface area contributed by atoms with Crippen LogP contribution in [-0.4, -0.2) is 29.1 Å². The van der Waals surface area contributed by atoms with Crippen molar-refractivity contribution < 1.29 is 9.32 Å². The highest BCUT2D eigenvalue weighted by molar-refractivity contribution is 5.79. The van der Waals surface area contributed by atoms with Crippen LogP contribution in [0, 0.1) is 5.92 Å². The molecule has 21 heavy (non-hydrogen) atoms. The lowest BCUT2D eigenvalue weighted by molar-refractivity contribution is -0.126. The Morgan fingerprint density at radius 2 is 2.05 bits per heavy atom. The summed E-state index contributed by atoms with van der Waals surface area (Å²) in [6.45, 7) is 6.68. The molecular formula is C15H26N4O2. The number of hydrogen-bond donors (Lipinski definition) is 2. The minimum Gasteiger partial charge on any atom is -0.359 e. The molecule has 1 aromatic rings. The van der Waals surface area contributed by atoms with Crippen LogP contribution in [0.5, 0.6) is 0 Å². The zero-order valence-electron chi connectivity index (χ0n) is 13.4. The predicted molar refractivity (Wildman–Crippen MR) is 79.7 cm³/mol. The molecular weight excluding hydrogens is 268 g/mol. The summed E-state index contributed by atoms with van der Waals surface area (Å²) in [5.74, 6) is 1.45. The molecule has 2 N–H and O–H groups in total. The zero-order valence-corrected chi connectivity index (χ0v) is 13.4. The number of hydrogen-bond acceptors (Lipinski definition) is 5. The molecule has 1 amide bonds. The third-order valence-electron chi connectivity index (χ3n) is 4.00. The van der Waals surface area contributed by atoms with Crippen molar-refractivity contribution in [3.63, 3.8) is 0 Å². The third-order valence-corrected chi connectivity index (χ3v) is 4.00. The largest absolute Gasteiger partial charge is 0.359 e. The maximum absolute atomic E-state index is 11.9. The van der Waals surface area contributed by atoms with E-state index in [1.165, 1.54) is 0 Å². The van der Waals surface area contributed by atoms with Crippen LogP contribution in [0.4, 0.5) is 0 Å². The van der Waals surface area contributed by atoms with Crippen LogP contribution in [0.15, 0.2) is 4.52 Å². The molecule has 6 nitrogen and oxygen atoms in total. The average Bonchev–Trinajstić information content (AvgIpc) is 2.93. The van der Waals surface area contributed by atoms with E-state index >= 15 is 0 Å². The molecule has 0 radical (unpaired) electrons. The van der Waals surface area contributed by atoms with E-state index in [0.717, 1.165) is 25.7 Å². The summed E-state index contributed by atoms with van der Waals surface area (Å²) in [7, 11) is 1.70. The van der Waals surface area contributed by atoms with Gasteiger partial charge in [-0.25, -0.2) is 0 Å². The molecule has 6 heteroatoms. The summed E-state index contributed by atoms with van der Waals surface area (Å²) in [5, 5.41) is 10.2. The van der Waals surface area contributed by atoms with Gasteiger partial charge in [0.2, 0.25) is 11.8 Å². The SMILES string of the molecule is CNC(=O)[C@H]1CCCC[C@H]1NCc1nc(C(C)(C)C)no1. The van der Waals surface area contributed by atoms with Crippen molar-refractivity contribution in [2.75, 3.05) is 7.05 Å². The lowest BCUT2D eigenvalue weighted by atomic mass is 9.84. The first-order valence-electron chi connectivity index (χ1n) is 7.70. The van der Waals surface area contributed by atoms with Gasteiger partial charge in [-0.15, -0.1) is 0 Å². The Morgan fingerprint density at radius 3 is 2.67 bits per heavy atom. The van der Waals surface area contributed by atoms with Gasteiger partial charge in [-0.1, -0.05) is 38.8 Å². The van der Waals surface area contributed by atoms with E-state index in [9.17, 15) is 4.79 Å². The summed E-state index contributed by atoms with van der Waals surface area (Å²) >= 11 is 0. The summed E-state index contributed by atoms with van der Waals surface area (Å²) in [5.41, 5.74) is -0.114. The molecule has 2 atom stereocenters. The molecule has 0 aromatic carbocycles. The highest BCUT2D eigenvalue weighted by Crippen LogP contribution is 2.25. The summed E-state index contributed by atoms with van der Waals surface area (Å²) in [6.07, 6.45) is 4.22. The van der Waals surface area contributed by atoms with Gasteiger partial charge in [0.15, 0.2) is 5.82 Å². The number of amides is 1. The Labute approximate surface area is 126 Å². The van der Waals surface area contributed by atoms with Crippen LogP contribution in [0.2, 0.25) is 0 Å². The van der Waals surface area contributed by atoms with Crippen LogP contribution in [0.1, 0.15) is 58.2 Å². The number of aromatic nitrogens is 2. The fourth-order valence-corrected chi connectivity index (χ4v) is 2.72. The molecule has 118 valence electrons. The van der Waals surface area contributed by atoms with E-state index in [-0.39, 0.29) is 23.3 Å². The fourth-order valence-electron chi connectivity index (χ4n) is 2.72. The Balaban J connectivity index is 1.94. The standard InChI is InChI=1S/C15H26N4O2/c1-15(2,3)14-18-12(21-19-14)9-17-11-8-6-5-7-10(11)13(20)16-4/h10-11,17H,5-9H2,1-4H3,(H,16,20)/t10-,11+/m0/s1. The van der Waals surface area contributed by atoms with Crippen molar-refractivity contribution >= 4 is 5.91 Å². The second-order valence-electron chi connectivity index (χ2n) is 6.75. The predicted octanol–water partition coefficient (Wildman–Crippen LogP) is 1.76. The normalized spacial score (nSPS) is 23.0. The highest BCUT2D eigenvalue weighted by atomic mass is 16.5. The maximum Gasteiger partial charge on any atom is 0.240 e. The van der Waals surface area contributed by atoms with Gasteiger partial charge in [-0.3, -0.25) is 4.79 Å². The van der Waals surface area contributed by atoms with Crippen molar-refractivity contribution in [3.05, 3.63) is 11.7 Å². The molecule has 0 bridgehead atoms. The minimum absolute atomic E-state index is 0.0359. The smallest absolute Gasteiger partial charge is 0.240 e. The average molecular weight is 294 g/mol. The van der Waals surface area contributed by atoms with E-state index in [0.29, 0.717) is 18.3 Å². The lowest BCUT2D eigenvalue weighted by Crippen LogP contribution is -2.45. The summed E-state index contributed by atoms with van der Waals surface area (Å²) in [4.78, 5) is 16.3. The van der Waals surface area contributed by atoms with Crippen molar-refractivity contribution in [2.45, 2.75) is 64.5 Å². The molecule has 1 fully saturated rings. The molecule has 1 aliphatic rings. The van der Waals surface area contributed by atoms with Crippen LogP contribution in [0.25, 0.3) is 0 Å². The molecule has 1 saturated carbocycles. The van der Waals surface area contributed by atoms with Gasteiger partial charge in [0.05, 0.1) is 12.5 Å². The van der Waals surface area contributed by atoms with Crippen molar-refractivity contribution in [3.8, 4) is 0 Å². The number of rotatable bonds is 4. The molecule has 1 aliphatic carbocycles. The number of carbonyl (C=O) groups excluding carboxylic acids is 1. The molecule has 2 rings (SSSR count). The first kappa shape index (κ1) is 15.9. The Morgan fingerprint density at radius 1 is 1.33 bits per heavy atom. The van der Waals surface area contributed by atoms with Gasteiger partial charge < -0.3 is 15.2 Å². The minimum atomic E-state index is -0.114. The van der Waals surface area contributed by atoms with Crippen molar-refractivity contribution in [1.82, 2.24) is 20.8 Å². The van der Waals surface area contributed by atoms with Gasteiger partial charge in [0.25, 0.3) is 0 Å². The zero-order chi connectivity index (χ0) is 15.5. The van der Waals surface area contributed by atoms with E-state index in [1.807, 2.05) is 0 Å². The van der Waals surface area contributed by atoms with Gasteiger partial charge >= 0.3 is 0 Å². The van der Waals surface area contributed by atoms with Crippen LogP contribution >= 0.6 is 0 Å². The number of nitrogens with zero attached hydrogens (tertiary/aromatic N) is 2. The van der Waals surface area contributed by atoms with E-state index < -0.39 is 0 Å². The Hall–Kier alpha value is -1.43.